The Morgan fingerprint density at radius 1 is 0.294 bits per heavy atom. The first-order valence-electron chi connectivity index (χ1n) is 16.5. The Bertz CT molecular complexity index is 372. The van der Waals surface area contributed by atoms with E-state index in [9.17, 15) is 0 Å². The first kappa shape index (κ1) is 34.0. The lowest BCUT2D eigenvalue weighted by Crippen LogP contribution is -1.96. The monoisotopic (exact) mass is 479 g/mol. The molecule has 34 heavy (non-hydrogen) atoms. The molecule has 0 amide bonds. The summed E-state index contributed by atoms with van der Waals surface area (Å²) in [4.78, 5) is 0. The van der Waals surface area contributed by atoms with Gasteiger partial charge in [-0.1, -0.05) is 196 Å². The normalized spacial score (nSPS) is 15.4. The van der Waals surface area contributed by atoms with E-state index in [1.165, 1.54) is 154 Å². The third kappa shape index (κ3) is 25.1. The lowest BCUT2D eigenvalue weighted by atomic mass is 9.94. The van der Waals surface area contributed by atoms with E-state index in [4.69, 9.17) is 0 Å². The zero-order chi connectivity index (χ0) is 25.3. The molecular weight excluding hydrogens is 408 g/mol. The molecule has 0 aromatic rings. The number of hydrogen-bond acceptors (Lipinski definition) is 0. The molecule has 0 N–H and O–H groups in total. The molecule has 0 aliphatic heterocycles. The molecular formula is C34H70. The number of rotatable bonds is 27. The molecule has 0 aromatic carbocycles. The highest BCUT2D eigenvalue weighted by molar-refractivity contribution is 4.59. The SMILES string of the molecule is CCCC(C)CCCCCCCC(C)CCCCCCCCC(C)CCCCCCC(C)CC. The molecule has 206 valence electrons. The van der Waals surface area contributed by atoms with Crippen LogP contribution in [0.5, 0.6) is 0 Å². The van der Waals surface area contributed by atoms with Crippen molar-refractivity contribution in [2.24, 2.45) is 23.7 Å². The summed E-state index contributed by atoms with van der Waals surface area (Å²) in [5.41, 5.74) is 0. The van der Waals surface area contributed by atoms with Gasteiger partial charge in [0.15, 0.2) is 0 Å². The zero-order valence-electron chi connectivity index (χ0n) is 25.3. The van der Waals surface area contributed by atoms with Crippen LogP contribution in [0.4, 0.5) is 0 Å². The summed E-state index contributed by atoms with van der Waals surface area (Å²) in [5, 5.41) is 0. The fourth-order valence-electron chi connectivity index (χ4n) is 5.68. The number of unbranched alkanes of at least 4 members (excludes halogenated alkanes) is 12. The summed E-state index contributed by atoms with van der Waals surface area (Å²) < 4.78 is 0. The Kier molecular flexibility index (Phi) is 26.1. The van der Waals surface area contributed by atoms with Crippen LogP contribution in [0.25, 0.3) is 0 Å². The molecule has 0 aliphatic carbocycles. The second-order valence-corrected chi connectivity index (χ2v) is 12.7. The second kappa shape index (κ2) is 26.1. The Hall–Kier alpha value is 0. The van der Waals surface area contributed by atoms with Crippen LogP contribution < -0.4 is 0 Å². The van der Waals surface area contributed by atoms with Crippen LogP contribution in [0, 0.1) is 23.7 Å². The molecule has 0 bridgehead atoms. The highest BCUT2D eigenvalue weighted by atomic mass is 14.1. The van der Waals surface area contributed by atoms with Crippen molar-refractivity contribution in [1.82, 2.24) is 0 Å². The summed E-state index contributed by atoms with van der Waals surface area (Å²) in [5.74, 6) is 3.81. The summed E-state index contributed by atoms with van der Waals surface area (Å²) in [7, 11) is 0. The van der Waals surface area contributed by atoms with Crippen molar-refractivity contribution in [3.05, 3.63) is 0 Å². The van der Waals surface area contributed by atoms with Gasteiger partial charge in [0.1, 0.15) is 0 Å². The fourth-order valence-corrected chi connectivity index (χ4v) is 5.68. The van der Waals surface area contributed by atoms with Crippen molar-refractivity contribution in [2.75, 3.05) is 0 Å². The zero-order valence-corrected chi connectivity index (χ0v) is 25.3. The molecule has 0 heterocycles. The molecule has 0 radical (unpaired) electrons. The molecule has 4 atom stereocenters. The van der Waals surface area contributed by atoms with E-state index in [2.05, 4.69) is 41.5 Å². The molecule has 0 heteroatoms. The van der Waals surface area contributed by atoms with Gasteiger partial charge < -0.3 is 0 Å². The maximum atomic E-state index is 2.50. The summed E-state index contributed by atoms with van der Waals surface area (Å²) >= 11 is 0. The number of hydrogen-bond donors (Lipinski definition) is 0. The van der Waals surface area contributed by atoms with Crippen molar-refractivity contribution < 1.29 is 0 Å². The third-order valence-electron chi connectivity index (χ3n) is 8.66. The maximum absolute atomic E-state index is 2.50. The van der Waals surface area contributed by atoms with Crippen LogP contribution in [0.2, 0.25) is 0 Å². The predicted octanol–water partition coefficient (Wildman–Crippen LogP) is 12.9. The van der Waals surface area contributed by atoms with E-state index in [1.807, 2.05) is 0 Å². The van der Waals surface area contributed by atoms with Gasteiger partial charge in [-0.15, -0.1) is 0 Å². The van der Waals surface area contributed by atoms with Gasteiger partial charge in [-0.2, -0.15) is 0 Å². The smallest absolute Gasteiger partial charge is 0.0443 e. The second-order valence-electron chi connectivity index (χ2n) is 12.7. The van der Waals surface area contributed by atoms with Gasteiger partial charge in [-0.3, -0.25) is 0 Å². The molecule has 0 spiro atoms. The maximum Gasteiger partial charge on any atom is -0.0443 e. The lowest BCUT2D eigenvalue weighted by Gasteiger charge is -2.12. The largest absolute Gasteiger partial charge is 0.0654 e. The minimum absolute atomic E-state index is 0.941. The van der Waals surface area contributed by atoms with Crippen LogP contribution >= 0.6 is 0 Å². The highest BCUT2D eigenvalue weighted by Crippen LogP contribution is 2.21. The first-order chi connectivity index (χ1) is 16.5. The van der Waals surface area contributed by atoms with Crippen LogP contribution in [0.1, 0.15) is 196 Å². The summed E-state index contributed by atoms with van der Waals surface area (Å²) in [6.07, 6.45) is 35.0. The van der Waals surface area contributed by atoms with E-state index < -0.39 is 0 Å². The van der Waals surface area contributed by atoms with E-state index in [1.54, 1.807) is 0 Å². The molecule has 0 aliphatic rings. The van der Waals surface area contributed by atoms with Crippen molar-refractivity contribution in [3.8, 4) is 0 Å². The average Bonchev–Trinajstić information content (AvgIpc) is 2.82. The topological polar surface area (TPSA) is 0 Å². The molecule has 4 unspecified atom stereocenters. The predicted molar refractivity (Wildman–Crippen MR) is 159 cm³/mol. The molecule has 0 saturated carbocycles. The van der Waals surface area contributed by atoms with Gasteiger partial charge in [-0.05, 0) is 23.7 Å². The van der Waals surface area contributed by atoms with Gasteiger partial charge in [0, 0.05) is 0 Å². The van der Waals surface area contributed by atoms with Crippen molar-refractivity contribution in [3.63, 3.8) is 0 Å². The van der Waals surface area contributed by atoms with E-state index in [0.29, 0.717) is 0 Å². The Labute approximate surface area is 219 Å². The molecule has 0 saturated heterocycles. The van der Waals surface area contributed by atoms with Crippen molar-refractivity contribution in [2.45, 2.75) is 196 Å². The minimum atomic E-state index is 0.941. The third-order valence-corrected chi connectivity index (χ3v) is 8.66. The van der Waals surface area contributed by atoms with Gasteiger partial charge in [0.25, 0.3) is 0 Å². The Morgan fingerprint density at radius 2 is 0.529 bits per heavy atom. The highest BCUT2D eigenvalue weighted by Gasteiger charge is 2.05. The van der Waals surface area contributed by atoms with Crippen LogP contribution in [-0.2, 0) is 0 Å². The minimum Gasteiger partial charge on any atom is -0.0654 e. The fraction of sp³-hybridized carbons (Fsp3) is 1.00. The molecule has 0 fully saturated rings. The quantitative estimate of drug-likeness (QED) is 0.103. The summed E-state index contributed by atoms with van der Waals surface area (Å²) in [6, 6.07) is 0. The van der Waals surface area contributed by atoms with Crippen LogP contribution in [0.15, 0.2) is 0 Å². The molecule has 0 rings (SSSR count). The van der Waals surface area contributed by atoms with Gasteiger partial charge in [0.2, 0.25) is 0 Å². The van der Waals surface area contributed by atoms with E-state index in [-0.39, 0.29) is 0 Å². The average molecular weight is 479 g/mol. The van der Waals surface area contributed by atoms with Gasteiger partial charge in [-0.25, -0.2) is 0 Å². The standard InChI is InChI=1S/C34H70/c1-7-24-32(4)26-19-14-11-15-22-29-33(5)27-20-12-9-10-13-21-28-34(6)30-23-17-16-18-25-31(3)8-2/h31-34H,7-30H2,1-6H3. The van der Waals surface area contributed by atoms with Gasteiger partial charge in [0.05, 0.1) is 0 Å². The Morgan fingerprint density at radius 3 is 0.794 bits per heavy atom. The molecule has 0 aromatic heterocycles. The van der Waals surface area contributed by atoms with Crippen molar-refractivity contribution in [1.29, 1.82) is 0 Å². The van der Waals surface area contributed by atoms with E-state index in [0.717, 1.165) is 23.7 Å². The van der Waals surface area contributed by atoms with Crippen LogP contribution in [-0.4, -0.2) is 0 Å². The van der Waals surface area contributed by atoms with E-state index >= 15 is 0 Å². The summed E-state index contributed by atoms with van der Waals surface area (Å²) in [6.45, 7) is 14.5. The molecule has 0 nitrogen and oxygen atoms in total. The lowest BCUT2D eigenvalue weighted by molar-refractivity contribution is 0.414. The Balaban J connectivity index is 3.31. The van der Waals surface area contributed by atoms with Crippen LogP contribution in [0.3, 0.4) is 0 Å². The first-order valence-corrected chi connectivity index (χ1v) is 16.5. The van der Waals surface area contributed by atoms with Crippen molar-refractivity contribution >= 4 is 0 Å². The van der Waals surface area contributed by atoms with Gasteiger partial charge >= 0.3 is 0 Å².